The Hall–Kier alpha value is -1.46. The maximum atomic E-state index is 10.6. The summed E-state index contributed by atoms with van der Waals surface area (Å²) in [6.07, 6.45) is 0.0472. The largest absolute Gasteiger partial charge is 0.481 e. The van der Waals surface area contributed by atoms with E-state index in [0.29, 0.717) is 12.5 Å². The second kappa shape index (κ2) is 3.51. The van der Waals surface area contributed by atoms with E-state index in [1.807, 2.05) is 0 Å². The molecular formula is C11H18N4O2. The molecule has 1 aromatic heterocycles. The Morgan fingerprint density at radius 2 is 1.94 bits per heavy atom. The molecule has 0 saturated heterocycles. The number of rotatable bonds is 4. The van der Waals surface area contributed by atoms with Crippen LogP contribution in [0.5, 0.6) is 0 Å². The van der Waals surface area contributed by atoms with Crippen LogP contribution < -0.4 is 0 Å². The van der Waals surface area contributed by atoms with E-state index in [4.69, 9.17) is 5.11 Å². The summed E-state index contributed by atoms with van der Waals surface area (Å²) in [7, 11) is 0. The Balaban J connectivity index is 2.19. The van der Waals surface area contributed by atoms with Crippen LogP contribution in [0.25, 0.3) is 0 Å². The maximum Gasteiger partial charge on any atom is 0.305 e. The quantitative estimate of drug-likeness (QED) is 0.855. The number of nitrogens with zero attached hydrogens (tertiary/aromatic N) is 4. The van der Waals surface area contributed by atoms with Gasteiger partial charge in [-0.15, -0.1) is 5.10 Å². The molecule has 0 unspecified atom stereocenters. The summed E-state index contributed by atoms with van der Waals surface area (Å²) in [6.45, 7) is 9.09. The number of carboxylic acids is 1. The van der Waals surface area contributed by atoms with Gasteiger partial charge in [0, 0.05) is 5.92 Å². The smallest absolute Gasteiger partial charge is 0.305 e. The molecule has 1 saturated carbocycles. The average molecular weight is 238 g/mol. The van der Waals surface area contributed by atoms with Crippen molar-refractivity contribution in [1.82, 2.24) is 20.2 Å². The zero-order chi connectivity index (χ0) is 12.8. The van der Waals surface area contributed by atoms with Crippen molar-refractivity contribution in [2.45, 2.75) is 46.6 Å². The molecule has 94 valence electrons. The first-order valence-corrected chi connectivity index (χ1v) is 5.76. The van der Waals surface area contributed by atoms with Crippen LogP contribution in [0.15, 0.2) is 0 Å². The van der Waals surface area contributed by atoms with Gasteiger partial charge >= 0.3 is 5.97 Å². The Morgan fingerprint density at radius 1 is 1.35 bits per heavy atom. The number of aromatic nitrogens is 4. The Labute approximate surface area is 100 Å². The summed E-state index contributed by atoms with van der Waals surface area (Å²) in [6, 6.07) is 0. The van der Waals surface area contributed by atoms with Gasteiger partial charge < -0.3 is 5.11 Å². The van der Waals surface area contributed by atoms with E-state index in [2.05, 4.69) is 43.2 Å². The van der Waals surface area contributed by atoms with Gasteiger partial charge in [0.15, 0.2) is 5.82 Å². The van der Waals surface area contributed by atoms with E-state index < -0.39 is 5.97 Å². The van der Waals surface area contributed by atoms with Crippen molar-refractivity contribution in [3.8, 4) is 0 Å². The van der Waals surface area contributed by atoms with Crippen molar-refractivity contribution in [2.24, 2.45) is 10.8 Å². The van der Waals surface area contributed by atoms with Gasteiger partial charge in [0.05, 0.1) is 13.0 Å². The number of aryl methyl sites for hydroxylation is 1. The molecule has 0 spiro atoms. The molecule has 1 aliphatic rings. The van der Waals surface area contributed by atoms with Crippen LogP contribution >= 0.6 is 0 Å². The molecule has 1 heterocycles. The van der Waals surface area contributed by atoms with Gasteiger partial charge in [0.2, 0.25) is 0 Å². The molecule has 0 bridgehead atoms. The van der Waals surface area contributed by atoms with Crippen LogP contribution in [0.3, 0.4) is 0 Å². The van der Waals surface area contributed by atoms with Gasteiger partial charge in [0.25, 0.3) is 0 Å². The lowest BCUT2D eigenvalue weighted by Crippen LogP contribution is -2.10. The predicted molar refractivity (Wildman–Crippen MR) is 60.4 cm³/mol. The van der Waals surface area contributed by atoms with E-state index in [0.717, 1.165) is 5.82 Å². The second-order valence-corrected chi connectivity index (χ2v) is 5.78. The molecule has 0 aromatic carbocycles. The Morgan fingerprint density at radius 3 is 2.41 bits per heavy atom. The Kier molecular flexibility index (Phi) is 2.48. The average Bonchev–Trinajstić information content (AvgIpc) is 2.54. The van der Waals surface area contributed by atoms with Crippen LogP contribution in [0, 0.1) is 10.8 Å². The fourth-order valence-corrected chi connectivity index (χ4v) is 2.62. The third kappa shape index (κ3) is 1.71. The number of aliphatic carboxylic acids is 1. The molecule has 6 nitrogen and oxygen atoms in total. The van der Waals surface area contributed by atoms with Gasteiger partial charge in [-0.2, -0.15) is 0 Å². The first kappa shape index (κ1) is 12.0. The standard InChI is InChI=1S/C11H18N4O2/c1-10(2)8(11(10,3)4)9-12-13-14-15(9)6-5-7(16)17/h8H,5-6H2,1-4H3,(H,16,17). The van der Waals surface area contributed by atoms with E-state index in [9.17, 15) is 4.79 Å². The van der Waals surface area contributed by atoms with Gasteiger partial charge in [-0.1, -0.05) is 27.7 Å². The zero-order valence-electron chi connectivity index (χ0n) is 10.6. The highest BCUT2D eigenvalue weighted by atomic mass is 16.4. The molecule has 0 aliphatic heterocycles. The third-order valence-electron chi connectivity index (χ3n) is 4.38. The van der Waals surface area contributed by atoms with Gasteiger partial charge in [-0.3, -0.25) is 4.79 Å². The molecular weight excluding hydrogens is 220 g/mol. The molecule has 1 fully saturated rings. The minimum absolute atomic E-state index is 0.0472. The van der Waals surface area contributed by atoms with Crippen molar-refractivity contribution in [3.63, 3.8) is 0 Å². The molecule has 17 heavy (non-hydrogen) atoms. The van der Waals surface area contributed by atoms with Crippen LogP contribution in [0.2, 0.25) is 0 Å². The SMILES string of the molecule is CC1(C)C(c2nnnn2CCC(=O)O)C1(C)C. The van der Waals surface area contributed by atoms with Crippen molar-refractivity contribution >= 4 is 5.97 Å². The monoisotopic (exact) mass is 238 g/mol. The first-order valence-electron chi connectivity index (χ1n) is 5.76. The van der Waals surface area contributed by atoms with Crippen molar-refractivity contribution < 1.29 is 9.90 Å². The van der Waals surface area contributed by atoms with Gasteiger partial charge in [-0.25, -0.2) is 4.68 Å². The first-order chi connectivity index (χ1) is 7.78. The fourth-order valence-electron chi connectivity index (χ4n) is 2.62. The summed E-state index contributed by atoms with van der Waals surface area (Å²) < 4.78 is 1.62. The molecule has 1 N–H and O–H groups in total. The highest BCUT2D eigenvalue weighted by Crippen LogP contribution is 2.73. The molecule has 0 radical (unpaired) electrons. The van der Waals surface area contributed by atoms with Crippen molar-refractivity contribution in [2.75, 3.05) is 0 Å². The Bertz CT molecular complexity index is 436. The van der Waals surface area contributed by atoms with E-state index in [1.54, 1.807) is 4.68 Å². The second-order valence-electron chi connectivity index (χ2n) is 5.78. The van der Waals surface area contributed by atoms with Crippen LogP contribution in [0.1, 0.15) is 45.9 Å². The molecule has 0 amide bonds. The summed E-state index contributed by atoms with van der Waals surface area (Å²) in [5.41, 5.74) is 0.311. The van der Waals surface area contributed by atoms with Crippen molar-refractivity contribution in [1.29, 1.82) is 0 Å². The number of carboxylic acid groups (broad SMARTS) is 1. The molecule has 1 aliphatic carbocycles. The van der Waals surface area contributed by atoms with Gasteiger partial charge in [0.1, 0.15) is 0 Å². The highest BCUT2D eigenvalue weighted by molar-refractivity contribution is 5.66. The third-order valence-corrected chi connectivity index (χ3v) is 4.38. The predicted octanol–water partition coefficient (Wildman–Crippen LogP) is 1.30. The van der Waals surface area contributed by atoms with Crippen LogP contribution in [0.4, 0.5) is 0 Å². The lowest BCUT2D eigenvalue weighted by molar-refractivity contribution is -0.137. The molecule has 1 aromatic rings. The number of hydrogen-bond donors (Lipinski definition) is 1. The minimum Gasteiger partial charge on any atom is -0.481 e. The molecule has 0 atom stereocenters. The van der Waals surface area contributed by atoms with E-state index in [-0.39, 0.29) is 17.3 Å². The van der Waals surface area contributed by atoms with Crippen LogP contribution in [-0.4, -0.2) is 31.3 Å². The molecule has 6 heteroatoms. The number of hydrogen-bond acceptors (Lipinski definition) is 4. The summed E-state index contributed by atoms with van der Waals surface area (Å²) >= 11 is 0. The number of carbonyl (C=O) groups is 1. The topological polar surface area (TPSA) is 80.9 Å². The van der Waals surface area contributed by atoms with Gasteiger partial charge in [-0.05, 0) is 21.3 Å². The lowest BCUT2D eigenvalue weighted by atomic mass is 10.0. The summed E-state index contributed by atoms with van der Waals surface area (Å²) in [5, 5.41) is 20.3. The summed E-state index contributed by atoms with van der Waals surface area (Å²) in [4.78, 5) is 10.6. The normalized spacial score (nSPS) is 21.4. The summed E-state index contributed by atoms with van der Waals surface area (Å²) in [5.74, 6) is 0.265. The van der Waals surface area contributed by atoms with E-state index in [1.165, 1.54) is 0 Å². The molecule has 2 rings (SSSR count). The maximum absolute atomic E-state index is 10.6. The lowest BCUT2D eigenvalue weighted by Gasteiger charge is -2.03. The van der Waals surface area contributed by atoms with Crippen molar-refractivity contribution in [3.05, 3.63) is 5.82 Å². The van der Waals surface area contributed by atoms with Crippen LogP contribution in [-0.2, 0) is 11.3 Å². The zero-order valence-corrected chi connectivity index (χ0v) is 10.6. The highest BCUT2D eigenvalue weighted by Gasteiger charge is 2.67. The fraction of sp³-hybridized carbons (Fsp3) is 0.818. The number of tetrazole rings is 1. The minimum atomic E-state index is -0.833. The van der Waals surface area contributed by atoms with E-state index >= 15 is 0 Å².